The van der Waals surface area contributed by atoms with Crippen LogP contribution in [0.25, 0.3) is 28.0 Å². The lowest BCUT2D eigenvalue weighted by Gasteiger charge is -2.37. The molecule has 2 aliphatic heterocycles. The number of nitrogens with zero attached hydrogens (tertiary/aromatic N) is 4. The summed E-state index contributed by atoms with van der Waals surface area (Å²) in [7, 11) is 1.64. The number of hydrogen-bond acceptors (Lipinski definition) is 6. The Bertz CT molecular complexity index is 1420. The van der Waals surface area contributed by atoms with Gasteiger partial charge in [-0.3, -0.25) is 4.79 Å². The molecule has 0 N–H and O–H groups in total. The number of carbonyl (C=O) groups excluding carboxylic acids is 1. The smallest absolute Gasteiger partial charge is 0.272 e. The quantitative estimate of drug-likeness (QED) is 0.428. The molecule has 0 aliphatic carbocycles. The number of fused-ring (bicyclic) bond motifs is 1. The van der Waals surface area contributed by atoms with E-state index in [2.05, 4.69) is 0 Å². The minimum atomic E-state index is -0.542. The molecule has 0 saturated carbocycles. The standard InChI is InChI=1S/C28H28N4O4/c1-19-25(20-8-4-3-5-9-20)26-29-22(27(33)31-14-12-28(13-15-31)35-16-17-36-28)18-23(32(26)30-19)21-10-6-7-11-24(21)34-2/h3-11,18H,12-17H2,1-2H3. The minimum Gasteiger partial charge on any atom is -0.496 e. The Morgan fingerprint density at radius 3 is 2.42 bits per heavy atom. The second kappa shape index (κ2) is 9.04. The summed E-state index contributed by atoms with van der Waals surface area (Å²) >= 11 is 0. The molecule has 0 radical (unpaired) electrons. The minimum absolute atomic E-state index is 0.112. The van der Waals surface area contributed by atoms with Gasteiger partial charge < -0.3 is 19.1 Å². The second-order valence-electron chi connectivity index (χ2n) is 9.19. The molecule has 8 nitrogen and oxygen atoms in total. The molecular weight excluding hydrogens is 456 g/mol. The van der Waals surface area contributed by atoms with Crippen LogP contribution in [0.5, 0.6) is 5.75 Å². The summed E-state index contributed by atoms with van der Waals surface area (Å²) in [5.41, 5.74) is 5.36. The van der Waals surface area contributed by atoms with E-state index in [4.69, 9.17) is 24.3 Å². The summed E-state index contributed by atoms with van der Waals surface area (Å²) in [4.78, 5) is 20.5. The van der Waals surface area contributed by atoms with Gasteiger partial charge in [0, 0.05) is 37.1 Å². The van der Waals surface area contributed by atoms with Crippen LogP contribution < -0.4 is 4.74 Å². The maximum atomic E-state index is 13.8. The van der Waals surface area contributed by atoms with Gasteiger partial charge >= 0.3 is 0 Å². The molecule has 184 valence electrons. The number of para-hydroxylation sites is 1. The van der Waals surface area contributed by atoms with Crippen LogP contribution in [-0.4, -0.2) is 64.6 Å². The van der Waals surface area contributed by atoms with Crippen molar-refractivity contribution in [2.45, 2.75) is 25.6 Å². The summed E-state index contributed by atoms with van der Waals surface area (Å²) in [5.74, 6) is 0.0485. The van der Waals surface area contributed by atoms with Crippen molar-refractivity contribution < 1.29 is 19.0 Å². The molecule has 1 amide bonds. The number of amides is 1. The predicted molar refractivity (Wildman–Crippen MR) is 135 cm³/mol. The van der Waals surface area contributed by atoms with Gasteiger partial charge in [0.25, 0.3) is 5.91 Å². The summed E-state index contributed by atoms with van der Waals surface area (Å²) < 4.78 is 19.2. The third-order valence-electron chi connectivity index (χ3n) is 7.05. The Hall–Kier alpha value is -3.75. The number of likely N-dealkylation sites (tertiary alicyclic amines) is 1. The fraction of sp³-hybridized carbons (Fsp3) is 0.321. The van der Waals surface area contributed by atoms with Gasteiger partial charge in [0.05, 0.1) is 31.7 Å². The number of aromatic nitrogens is 3. The molecule has 0 unspecified atom stereocenters. The largest absolute Gasteiger partial charge is 0.496 e. The lowest BCUT2D eigenvalue weighted by molar-refractivity contribution is -0.181. The van der Waals surface area contributed by atoms with Crippen LogP contribution >= 0.6 is 0 Å². The van der Waals surface area contributed by atoms with Crippen LogP contribution in [0, 0.1) is 6.92 Å². The van der Waals surface area contributed by atoms with Crippen molar-refractivity contribution in [1.29, 1.82) is 0 Å². The SMILES string of the molecule is COc1ccccc1-c1cc(C(=O)N2CCC3(CC2)OCCO3)nc2c(-c3ccccc3)c(C)nn12. The highest BCUT2D eigenvalue weighted by Crippen LogP contribution is 2.35. The van der Waals surface area contributed by atoms with Gasteiger partial charge in [-0.15, -0.1) is 0 Å². The van der Waals surface area contributed by atoms with Crippen LogP contribution in [0.4, 0.5) is 0 Å². The number of piperidine rings is 1. The van der Waals surface area contributed by atoms with Gasteiger partial charge in [-0.1, -0.05) is 42.5 Å². The van der Waals surface area contributed by atoms with Gasteiger partial charge in [-0.05, 0) is 30.7 Å². The number of ether oxygens (including phenoxy) is 3. The molecule has 2 aliphatic rings. The molecule has 2 saturated heterocycles. The molecule has 1 spiro atoms. The molecule has 4 heterocycles. The molecule has 6 rings (SSSR count). The number of aryl methyl sites for hydroxylation is 1. The number of hydrogen-bond donors (Lipinski definition) is 0. The van der Waals surface area contributed by atoms with Crippen LogP contribution in [0.15, 0.2) is 60.7 Å². The van der Waals surface area contributed by atoms with Crippen LogP contribution in [0.1, 0.15) is 29.0 Å². The Balaban J connectivity index is 1.48. The molecule has 4 aromatic rings. The molecule has 2 aromatic heterocycles. The highest BCUT2D eigenvalue weighted by atomic mass is 16.7. The second-order valence-corrected chi connectivity index (χ2v) is 9.19. The first kappa shape index (κ1) is 22.7. The Morgan fingerprint density at radius 1 is 1.00 bits per heavy atom. The van der Waals surface area contributed by atoms with E-state index in [-0.39, 0.29) is 5.91 Å². The van der Waals surface area contributed by atoms with E-state index in [1.807, 2.05) is 77.0 Å². The zero-order valence-electron chi connectivity index (χ0n) is 20.4. The van der Waals surface area contributed by atoms with Gasteiger partial charge in [0.2, 0.25) is 0 Å². The Morgan fingerprint density at radius 2 is 1.69 bits per heavy atom. The molecule has 0 bridgehead atoms. The fourth-order valence-corrected chi connectivity index (χ4v) is 5.22. The summed E-state index contributed by atoms with van der Waals surface area (Å²) in [6.45, 7) is 4.30. The highest BCUT2D eigenvalue weighted by Gasteiger charge is 2.41. The molecule has 0 atom stereocenters. The predicted octanol–water partition coefficient (Wildman–Crippen LogP) is 4.36. The summed E-state index contributed by atoms with van der Waals surface area (Å²) in [5, 5.41) is 4.84. The molecule has 36 heavy (non-hydrogen) atoms. The van der Waals surface area contributed by atoms with E-state index in [1.165, 1.54) is 0 Å². The van der Waals surface area contributed by atoms with E-state index in [9.17, 15) is 4.79 Å². The molecular formula is C28H28N4O4. The van der Waals surface area contributed by atoms with E-state index in [1.54, 1.807) is 7.11 Å². The Labute approximate surface area is 209 Å². The van der Waals surface area contributed by atoms with E-state index >= 15 is 0 Å². The maximum Gasteiger partial charge on any atom is 0.272 e. The summed E-state index contributed by atoms with van der Waals surface area (Å²) in [6, 6.07) is 19.6. The van der Waals surface area contributed by atoms with Crippen LogP contribution in [0.3, 0.4) is 0 Å². The number of carbonyl (C=O) groups is 1. The van der Waals surface area contributed by atoms with Crippen molar-refractivity contribution in [2.75, 3.05) is 33.4 Å². The molecule has 8 heteroatoms. The van der Waals surface area contributed by atoms with E-state index < -0.39 is 5.79 Å². The van der Waals surface area contributed by atoms with Crippen molar-refractivity contribution >= 4 is 11.6 Å². The average Bonchev–Trinajstić information content (AvgIpc) is 3.52. The highest BCUT2D eigenvalue weighted by molar-refractivity contribution is 5.95. The first-order valence-corrected chi connectivity index (χ1v) is 12.2. The molecule has 2 fully saturated rings. The van der Waals surface area contributed by atoms with Crippen molar-refractivity contribution in [3.8, 4) is 28.1 Å². The van der Waals surface area contributed by atoms with Gasteiger partial charge in [-0.2, -0.15) is 5.10 Å². The maximum absolute atomic E-state index is 13.8. The van der Waals surface area contributed by atoms with Gasteiger partial charge in [0.1, 0.15) is 11.4 Å². The third-order valence-corrected chi connectivity index (χ3v) is 7.05. The fourth-order valence-electron chi connectivity index (χ4n) is 5.22. The van der Waals surface area contributed by atoms with E-state index in [0.717, 1.165) is 28.1 Å². The normalized spacial score (nSPS) is 17.1. The monoisotopic (exact) mass is 484 g/mol. The first-order valence-electron chi connectivity index (χ1n) is 12.2. The van der Waals surface area contributed by atoms with Gasteiger partial charge in [-0.25, -0.2) is 9.50 Å². The number of methoxy groups -OCH3 is 1. The van der Waals surface area contributed by atoms with Crippen LogP contribution in [-0.2, 0) is 9.47 Å². The lowest BCUT2D eigenvalue weighted by atomic mass is 10.0. The lowest BCUT2D eigenvalue weighted by Crippen LogP contribution is -2.47. The average molecular weight is 485 g/mol. The van der Waals surface area contributed by atoms with Crippen molar-refractivity contribution in [1.82, 2.24) is 19.5 Å². The van der Waals surface area contributed by atoms with Gasteiger partial charge in [0.15, 0.2) is 11.4 Å². The molecule has 2 aromatic carbocycles. The summed E-state index contributed by atoms with van der Waals surface area (Å²) in [6.07, 6.45) is 1.31. The van der Waals surface area contributed by atoms with Crippen LogP contribution in [0.2, 0.25) is 0 Å². The zero-order valence-corrected chi connectivity index (χ0v) is 20.4. The zero-order chi connectivity index (χ0) is 24.7. The van der Waals surface area contributed by atoms with Crippen molar-refractivity contribution in [3.63, 3.8) is 0 Å². The van der Waals surface area contributed by atoms with Crippen molar-refractivity contribution in [3.05, 3.63) is 72.1 Å². The number of benzene rings is 2. The topological polar surface area (TPSA) is 78.2 Å². The number of rotatable bonds is 4. The van der Waals surface area contributed by atoms with E-state index in [0.29, 0.717) is 56.2 Å². The first-order chi connectivity index (χ1) is 17.6. The van der Waals surface area contributed by atoms with Crippen molar-refractivity contribution in [2.24, 2.45) is 0 Å². The Kier molecular flexibility index (Phi) is 5.70. The third kappa shape index (κ3) is 3.83.